The highest BCUT2D eigenvalue weighted by atomic mass is 35.5. The fourth-order valence-electron chi connectivity index (χ4n) is 1.76. The molecule has 0 atom stereocenters. The standard InChI is InChI=1S/C13H15ClN4OS/c1-2-8-5-17-11(20-8)6-18-12-9(13(16)19)3-7(15)4-10(12)14/h3-5,18H,2,6,15H2,1H3,(H2,16,19). The van der Waals surface area contributed by atoms with Gasteiger partial charge in [-0.3, -0.25) is 4.79 Å². The fourth-order valence-corrected chi connectivity index (χ4v) is 2.86. The summed E-state index contributed by atoms with van der Waals surface area (Å²) < 4.78 is 0. The van der Waals surface area contributed by atoms with Crippen LogP contribution in [-0.4, -0.2) is 10.9 Å². The first-order chi connectivity index (χ1) is 9.51. The van der Waals surface area contributed by atoms with E-state index in [1.165, 1.54) is 10.9 Å². The molecule has 1 amide bonds. The van der Waals surface area contributed by atoms with Gasteiger partial charge in [0.05, 0.1) is 22.8 Å². The fraction of sp³-hybridized carbons (Fsp3) is 0.231. The summed E-state index contributed by atoms with van der Waals surface area (Å²) in [4.78, 5) is 16.9. The number of carbonyl (C=O) groups excluding carboxylic acids is 1. The summed E-state index contributed by atoms with van der Waals surface area (Å²) in [5.41, 5.74) is 12.2. The number of aryl methyl sites for hydroxylation is 1. The average molecular weight is 311 g/mol. The van der Waals surface area contributed by atoms with E-state index in [0.29, 0.717) is 22.9 Å². The Bertz CT molecular complexity index is 641. The molecule has 5 N–H and O–H groups in total. The first-order valence-electron chi connectivity index (χ1n) is 6.07. The van der Waals surface area contributed by atoms with Gasteiger partial charge in [-0.15, -0.1) is 11.3 Å². The Balaban J connectivity index is 2.22. The Kier molecular flexibility index (Phi) is 4.46. The lowest BCUT2D eigenvalue weighted by molar-refractivity contribution is 0.100. The van der Waals surface area contributed by atoms with Crippen molar-refractivity contribution in [1.29, 1.82) is 0 Å². The van der Waals surface area contributed by atoms with Gasteiger partial charge in [-0.05, 0) is 18.6 Å². The normalized spacial score (nSPS) is 10.5. The van der Waals surface area contributed by atoms with Gasteiger partial charge in [-0.1, -0.05) is 18.5 Å². The monoisotopic (exact) mass is 310 g/mol. The second-order valence-electron chi connectivity index (χ2n) is 4.22. The van der Waals surface area contributed by atoms with E-state index in [0.717, 1.165) is 11.4 Å². The van der Waals surface area contributed by atoms with Crippen LogP contribution in [0, 0.1) is 0 Å². The lowest BCUT2D eigenvalue weighted by Gasteiger charge is -2.12. The predicted molar refractivity (Wildman–Crippen MR) is 83.2 cm³/mol. The maximum absolute atomic E-state index is 11.4. The minimum Gasteiger partial charge on any atom is -0.399 e. The molecule has 7 heteroatoms. The van der Waals surface area contributed by atoms with Gasteiger partial charge in [-0.25, -0.2) is 4.98 Å². The van der Waals surface area contributed by atoms with Crippen molar-refractivity contribution in [2.45, 2.75) is 19.9 Å². The quantitative estimate of drug-likeness (QED) is 0.740. The number of benzene rings is 1. The molecular weight excluding hydrogens is 296 g/mol. The SMILES string of the molecule is CCc1cnc(CNc2c(Cl)cc(N)cc2C(N)=O)s1. The smallest absolute Gasteiger partial charge is 0.250 e. The number of nitrogens with two attached hydrogens (primary N) is 2. The lowest BCUT2D eigenvalue weighted by Crippen LogP contribution is -2.15. The number of primary amides is 1. The molecule has 0 spiro atoms. The Hall–Kier alpha value is -1.79. The summed E-state index contributed by atoms with van der Waals surface area (Å²) in [5, 5.41) is 4.39. The molecule has 0 saturated heterocycles. The number of nitrogen functional groups attached to an aromatic ring is 1. The van der Waals surface area contributed by atoms with Crippen molar-refractivity contribution in [3.05, 3.63) is 38.8 Å². The highest BCUT2D eigenvalue weighted by molar-refractivity contribution is 7.11. The molecule has 1 heterocycles. The number of aromatic nitrogens is 1. The lowest BCUT2D eigenvalue weighted by atomic mass is 10.1. The summed E-state index contributed by atoms with van der Waals surface area (Å²) in [5.74, 6) is -0.574. The molecule has 1 aromatic heterocycles. The highest BCUT2D eigenvalue weighted by Gasteiger charge is 2.13. The number of hydrogen-bond donors (Lipinski definition) is 3. The Morgan fingerprint density at radius 2 is 2.25 bits per heavy atom. The number of halogens is 1. The molecule has 0 unspecified atom stereocenters. The Morgan fingerprint density at radius 1 is 1.50 bits per heavy atom. The van der Waals surface area contributed by atoms with E-state index < -0.39 is 5.91 Å². The van der Waals surface area contributed by atoms with Gasteiger partial charge in [0.15, 0.2) is 0 Å². The molecule has 20 heavy (non-hydrogen) atoms. The number of hydrogen-bond acceptors (Lipinski definition) is 5. The summed E-state index contributed by atoms with van der Waals surface area (Å²) in [7, 11) is 0. The molecule has 0 aliphatic carbocycles. The number of carbonyl (C=O) groups is 1. The third-order valence-corrected chi connectivity index (χ3v) is 4.18. The first kappa shape index (κ1) is 14.6. The largest absolute Gasteiger partial charge is 0.399 e. The second kappa shape index (κ2) is 6.11. The minimum atomic E-state index is -0.574. The zero-order valence-corrected chi connectivity index (χ0v) is 12.5. The van der Waals surface area contributed by atoms with Gasteiger partial charge in [0, 0.05) is 16.8 Å². The maximum Gasteiger partial charge on any atom is 0.250 e. The highest BCUT2D eigenvalue weighted by Crippen LogP contribution is 2.29. The molecule has 2 rings (SSSR count). The number of rotatable bonds is 5. The van der Waals surface area contributed by atoms with E-state index in [1.807, 2.05) is 6.20 Å². The molecule has 0 saturated carbocycles. The predicted octanol–water partition coefficient (Wildman–Crippen LogP) is 2.65. The van der Waals surface area contributed by atoms with Crippen molar-refractivity contribution in [3.63, 3.8) is 0 Å². The molecule has 0 aliphatic rings. The van der Waals surface area contributed by atoms with Gasteiger partial charge in [-0.2, -0.15) is 0 Å². The summed E-state index contributed by atoms with van der Waals surface area (Å²) >= 11 is 7.73. The zero-order valence-electron chi connectivity index (χ0n) is 10.9. The van der Waals surface area contributed by atoms with Crippen LogP contribution in [-0.2, 0) is 13.0 Å². The van der Waals surface area contributed by atoms with E-state index >= 15 is 0 Å². The van der Waals surface area contributed by atoms with Crippen molar-refractivity contribution in [1.82, 2.24) is 4.98 Å². The van der Waals surface area contributed by atoms with Crippen LogP contribution in [0.2, 0.25) is 5.02 Å². The molecule has 0 radical (unpaired) electrons. The number of amides is 1. The van der Waals surface area contributed by atoms with Gasteiger partial charge >= 0.3 is 0 Å². The van der Waals surface area contributed by atoms with Crippen LogP contribution in [0.4, 0.5) is 11.4 Å². The number of nitrogens with zero attached hydrogens (tertiary/aromatic N) is 1. The first-order valence-corrected chi connectivity index (χ1v) is 7.27. The Labute approximate surface area is 126 Å². The number of thiazole rings is 1. The van der Waals surface area contributed by atoms with Crippen molar-refractivity contribution < 1.29 is 4.79 Å². The van der Waals surface area contributed by atoms with Crippen molar-refractivity contribution in [3.8, 4) is 0 Å². The van der Waals surface area contributed by atoms with E-state index in [-0.39, 0.29) is 5.56 Å². The van der Waals surface area contributed by atoms with Gasteiger partial charge in [0.25, 0.3) is 5.91 Å². The van der Waals surface area contributed by atoms with Crippen molar-refractivity contribution in [2.24, 2.45) is 5.73 Å². The van der Waals surface area contributed by atoms with Crippen LogP contribution in [0.15, 0.2) is 18.3 Å². The van der Waals surface area contributed by atoms with Gasteiger partial charge in [0.2, 0.25) is 0 Å². The van der Waals surface area contributed by atoms with Crippen LogP contribution in [0.1, 0.15) is 27.2 Å². The Morgan fingerprint density at radius 3 is 2.85 bits per heavy atom. The van der Waals surface area contributed by atoms with Gasteiger partial charge in [0.1, 0.15) is 5.01 Å². The van der Waals surface area contributed by atoms with E-state index in [9.17, 15) is 4.79 Å². The van der Waals surface area contributed by atoms with Crippen LogP contribution >= 0.6 is 22.9 Å². The molecule has 5 nitrogen and oxygen atoms in total. The maximum atomic E-state index is 11.4. The molecular formula is C13H15ClN4OS. The van der Waals surface area contributed by atoms with Crippen LogP contribution in [0.5, 0.6) is 0 Å². The molecule has 0 bridgehead atoms. The molecule has 1 aromatic carbocycles. The molecule has 106 valence electrons. The summed E-state index contributed by atoms with van der Waals surface area (Å²) in [6.45, 7) is 2.56. The topological polar surface area (TPSA) is 94.0 Å². The van der Waals surface area contributed by atoms with Crippen molar-refractivity contribution >= 4 is 40.2 Å². The van der Waals surface area contributed by atoms with Crippen LogP contribution in [0.25, 0.3) is 0 Å². The minimum absolute atomic E-state index is 0.280. The molecule has 0 aliphatic heterocycles. The molecule has 0 fully saturated rings. The van der Waals surface area contributed by atoms with Crippen LogP contribution in [0.3, 0.4) is 0 Å². The van der Waals surface area contributed by atoms with E-state index in [2.05, 4.69) is 17.2 Å². The van der Waals surface area contributed by atoms with Crippen LogP contribution < -0.4 is 16.8 Å². The van der Waals surface area contributed by atoms with E-state index in [4.69, 9.17) is 23.1 Å². The molecule has 2 aromatic rings. The zero-order chi connectivity index (χ0) is 14.7. The summed E-state index contributed by atoms with van der Waals surface area (Å²) in [6.07, 6.45) is 2.80. The summed E-state index contributed by atoms with van der Waals surface area (Å²) in [6, 6.07) is 3.09. The second-order valence-corrected chi connectivity index (χ2v) is 5.82. The van der Waals surface area contributed by atoms with Gasteiger partial charge < -0.3 is 16.8 Å². The average Bonchev–Trinajstić information content (AvgIpc) is 2.84. The number of nitrogens with one attached hydrogen (secondary N) is 1. The third-order valence-electron chi connectivity index (χ3n) is 2.74. The van der Waals surface area contributed by atoms with Crippen molar-refractivity contribution in [2.75, 3.05) is 11.1 Å². The van der Waals surface area contributed by atoms with E-state index in [1.54, 1.807) is 17.4 Å². The number of anilines is 2. The third kappa shape index (κ3) is 3.20.